The van der Waals surface area contributed by atoms with E-state index in [2.05, 4.69) is 35.8 Å². The molecule has 2 aromatic heterocycles. The van der Waals surface area contributed by atoms with Gasteiger partial charge in [-0.15, -0.1) is 0 Å². The Balaban J connectivity index is 2.41. The summed E-state index contributed by atoms with van der Waals surface area (Å²) >= 11 is 8.88. The van der Waals surface area contributed by atoms with Crippen LogP contribution in [0.4, 0.5) is 5.69 Å². The van der Waals surface area contributed by atoms with Crippen molar-refractivity contribution in [3.8, 4) is 0 Å². The molecule has 17 heavy (non-hydrogen) atoms. The highest BCUT2D eigenvalue weighted by molar-refractivity contribution is 9.10. The van der Waals surface area contributed by atoms with Crippen molar-refractivity contribution in [2.45, 2.75) is 4.90 Å². The molecule has 2 aromatic rings. The molecule has 2 heterocycles. The molecular weight excluding hydrogens is 332 g/mol. The molecule has 0 saturated heterocycles. The standard InChI is InChI=1S/C8H6BrClN4O2S/c9-5-1-7(8(10)11-2-5)17(15,16)14-6-3-12-13-4-6/h1-4,14H,(H,12,13). The Morgan fingerprint density at radius 2 is 2.18 bits per heavy atom. The van der Waals surface area contributed by atoms with Gasteiger partial charge in [0.05, 0.1) is 11.9 Å². The van der Waals surface area contributed by atoms with Crippen molar-refractivity contribution in [1.29, 1.82) is 0 Å². The zero-order valence-electron chi connectivity index (χ0n) is 8.18. The third-order valence-corrected chi connectivity index (χ3v) is 4.06. The fourth-order valence-corrected chi connectivity index (χ4v) is 3.09. The summed E-state index contributed by atoms with van der Waals surface area (Å²) in [4.78, 5) is 3.65. The fourth-order valence-electron chi connectivity index (χ4n) is 1.11. The number of hydrogen-bond acceptors (Lipinski definition) is 4. The van der Waals surface area contributed by atoms with Gasteiger partial charge in [0, 0.05) is 16.9 Å². The van der Waals surface area contributed by atoms with Gasteiger partial charge < -0.3 is 0 Å². The van der Waals surface area contributed by atoms with E-state index >= 15 is 0 Å². The molecule has 0 aliphatic carbocycles. The molecule has 0 radical (unpaired) electrons. The zero-order chi connectivity index (χ0) is 12.5. The average Bonchev–Trinajstić information content (AvgIpc) is 2.73. The van der Waals surface area contributed by atoms with Crippen molar-refractivity contribution in [1.82, 2.24) is 15.2 Å². The predicted octanol–water partition coefficient (Wildman–Crippen LogP) is 2.02. The van der Waals surface area contributed by atoms with Gasteiger partial charge in [-0.25, -0.2) is 13.4 Å². The molecule has 0 fully saturated rings. The van der Waals surface area contributed by atoms with Gasteiger partial charge in [0.25, 0.3) is 10.0 Å². The molecule has 0 atom stereocenters. The number of aromatic nitrogens is 3. The van der Waals surface area contributed by atoms with Crippen LogP contribution in [0.25, 0.3) is 0 Å². The second-order valence-electron chi connectivity index (χ2n) is 3.03. The summed E-state index contributed by atoms with van der Waals surface area (Å²) in [5.41, 5.74) is 0.320. The van der Waals surface area contributed by atoms with E-state index in [-0.39, 0.29) is 10.0 Å². The van der Waals surface area contributed by atoms with Gasteiger partial charge in [-0.05, 0) is 22.0 Å². The van der Waals surface area contributed by atoms with Crippen LogP contribution in [-0.4, -0.2) is 23.6 Å². The van der Waals surface area contributed by atoms with E-state index in [1.54, 1.807) is 0 Å². The molecule has 6 nitrogen and oxygen atoms in total. The first kappa shape index (κ1) is 12.3. The van der Waals surface area contributed by atoms with Crippen LogP contribution in [0.3, 0.4) is 0 Å². The second-order valence-corrected chi connectivity index (χ2v) is 5.96. The molecule has 2 rings (SSSR count). The molecule has 0 unspecified atom stereocenters. The van der Waals surface area contributed by atoms with Crippen LogP contribution >= 0.6 is 27.5 Å². The van der Waals surface area contributed by atoms with E-state index in [4.69, 9.17) is 11.6 Å². The minimum absolute atomic E-state index is 0.0933. The third kappa shape index (κ3) is 2.76. The summed E-state index contributed by atoms with van der Waals surface area (Å²) in [6.45, 7) is 0. The van der Waals surface area contributed by atoms with Crippen LogP contribution in [0.5, 0.6) is 0 Å². The molecule has 0 aromatic carbocycles. The number of anilines is 1. The van der Waals surface area contributed by atoms with Gasteiger partial charge in [-0.1, -0.05) is 11.6 Å². The normalized spacial score (nSPS) is 11.4. The van der Waals surface area contributed by atoms with Crippen LogP contribution in [0.1, 0.15) is 0 Å². The Morgan fingerprint density at radius 1 is 1.41 bits per heavy atom. The number of H-pyrrole nitrogens is 1. The van der Waals surface area contributed by atoms with Crippen LogP contribution in [0.15, 0.2) is 34.0 Å². The van der Waals surface area contributed by atoms with Gasteiger partial charge in [0.2, 0.25) is 0 Å². The number of rotatable bonds is 3. The SMILES string of the molecule is O=S(=O)(Nc1cn[nH]c1)c1cc(Br)cnc1Cl. The van der Waals surface area contributed by atoms with E-state index in [0.717, 1.165) is 0 Å². The lowest BCUT2D eigenvalue weighted by Gasteiger charge is -2.07. The van der Waals surface area contributed by atoms with E-state index in [0.29, 0.717) is 10.2 Å². The van der Waals surface area contributed by atoms with Crippen molar-refractivity contribution in [3.63, 3.8) is 0 Å². The van der Waals surface area contributed by atoms with E-state index in [1.165, 1.54) is 24.7 Å². The molecule has 0 aliphatic heterocycles. The first-order chi connectivity index (χ1) is 7.99. The summed E-state index contributed by atoms with van der Waals surface area (Å²) in [7, 11) is -3.77. The number of pyridine rings is 1. The van der Waals surface area contributed by atoms with Crippen molar-refractivity contribution >= 4 is 43.2 Å². The van der Waals surface area contributed by atoms with Crippen LogP contribution in [0.2, 0.25) is 5.15 Å². The molecule has 0 amide bonds. The fraction of sp³-hybridized carbons (Fsp3) is 0. The average molecular weight is 338 g/mol. The van der Waals surface area contributed by atoms with Gasteiger partial charge in [0.15, 0.2) is 0 Å². The Hall–Kier alpha value is -1.12. The monoisotopic (exact) mass is 336 g/mol. The maximum Gasteiger partial charge on any atom is 0.265 e. The van der Waals surface area contributed by atoms with E-state index in [1.807, 2.05) is 0 Å². The number of hydrogen-bond donors (Lipinski definition) is 2. The number of aromatic amines is 1. The lowest BCUT2D eigenvalue weighted by atomic mass is 10.5. The number of sulfonamides is 1. The van der Waals surface area contributed by atoms with Crippen LogP contribution in [-0.2, 0) is 10.0 Å². The molecule has 0 spiro atoms. The van der Waals surface area contributed by atoms with E-state index < -0.39 is 10.0 Å². The maximum atomic E-state index is 12.0. The zero-order valence-corrected chi connectivity index (χ0v) is 11.3. The van der Waals surface area contributed by atoms with Gasteiger partial charge in [0.1, 0.15) is 10.0 Å². The Bertz CT molecular complexity index is 629. The molecule has 2 N–H and O–H groups in total. The molecule has 90 valence electrons. The van der Waals surface area contributed by atoms with Gasteiger partial charge >= 0.3 is 0 Å². The molecule has 0 bridgehead atoms. The third-order valence-electron chi connectivity index (χ3n) is 1.81. The summed E-state index contributed by atoms with van der Waals surface area (Å²) in [6, 6.07) is 1.37. The lowest BCUT2D eigenvalue weighted by Crippen LogP contribution is -2.13. The molecule has 0 aliphatic rings. The number of nitrogens with zero attached hydrogens (tertiary/aromatic N) is 2. The maximum absolute atomic E-state index is 12.0. The second kappa shape index (κ2) is 4.63. The van der Waals surface area contributed by atoms with Crippen molar-refractivity contribution in [3.05, 3.63) is 34.3 Å². The smallest absolute Gasteiger partial charge is 0.265 e. The molecular formula is C8H6BrClN4O2S. The quantitative estimate of drug-likeness (QED) is 0.839. The van der Waals surface area contributed by atoms with Gasteiger partial charge in [-0.2, -0.15) is 5.10 Å². The van der Waals surface area contributed by atoms with Crippen molar-refractivity contribution < 1.29 is 8.42 Å². The predicted molar refractivity (Wildman–Crippen MR) is 66.3 cm³/mol. The summed E-state index contributed by atoms with van der Waals surface area (Å²) in [6.07, 6.45) is 4.17. The van der Waals surface area contributed by atoms with Crippen molar-refractivity contribution in [2.24, 2.45) is 0 Å². The molecule has 9 heteroatoms. The summed E-state index contributed by atoms with van der Waals surface area (Å²) < 4.78 is 26.8. The summed E-state index contributed by atoms with van der Waals surface area (Å²) in [5, 5.41) is 6.03. The highest BCUT2D eigenvalue weighted by Crippen LogP contribution is 2.24. The van der Waals surface area contributed by atoms with Gasteiger partial charge in [-0.3, -0.25) is 9.82 Å². The van der Waals surface area contributed by atoms with Crippen LogP contribution in [0, 0.1) is 0 Å². The number of nitrogens with one attached hydrogen (secondary N) is 2. The van der Waals surface area contributed by atoms with E-state index in [9.17, 15) is 8.42 Å². The lowest BCUT2D eigenvalue weighted by molar-refractivity contribution is 0.601. The first-order valence-electron chi connectivity index (χ1n) is 4.32. The largest absolute Gasteiger partial charge is 0.284 e. The minimum Gasteiger partial charge on any atom is -0.284 e. The van der Waals surface area contributed by atoms with Crippen molar-refractivity contribution in [2.75, 3.05) is 4.72 Å². The first-order valence-corrected chi connectivity index (χ1v) is 6.97. The molecule has 0 saturated carbocycles. The Labute approximate surface area is 111 Å². The Morgan fingerprint density at radius 3 is 2.82 bits per heavy atom. The minimum atomic E-state index is -3.77. The highest BCUT2D eigenvalue weighted by atomic mass is 79.9. The topological polar surface area (TPSA) is 87.7 Å². The summed E-state index contributed by atoms with van der Waals surface area (Å²) in [5.74, 6) is 0. The Kier molecular flexibility index (Phi) is 3.36. The highest BCUT2D eigenvalue weighted by Gasteiger charge is 2.19. The van der Waals surface area contributed by atoms with Crippen LogP contribution < -0.4 is 4.72 Å². The number of halogens is 2.